The Hall–Kier alpha value is -1.16. The van der Waals surface area contributed by atoms with Crippen LogP contribution in [0.2, 0.25) is 0 Å². The van der Waals surface area contributed by atoms with Crippen LogP contribution in [0.1, 0.15) is 29.7 Å². The van der Waals surface area contributed by atoms with Gasteiger partial charge >= 0.3 is 0 Å². The summed E-state index contributed by atoms with van der Waals surface area (Å²) < 4.78 is 6.25. The molecule has 1 fully saturated rings. The van der Waals surface area contributed by atoms with Crippen LogP contribution in [-0.4, -0.2) is 18.0 Å². The summed E-state index contributed by atoms with van der Waals surface area (Å²) in [7, 11) is 2.14. The lowest BCUT2D eigenvalue weighted by atomic mass is 10.0. The molecule has 0 aliphatic carbocycles. The summed E-state index contributed by atoms with van der Waals surface area (Å²) in [6, 6.07) is 15.1. The second kappa shape index (κ2) is 4.84. The Bertz CT molecular complexity index is 496. The van der Waals surface area contributed by atoms with Gasteiger partial charge in [0.05, 0.1) is 0 Å². The zero-order chi connectivity index (χ0) is 12.5. The zero-order valence-electron chi connectivity index (χ0n) is 10.6. The second-order valence-electron chi connectivity index (χ2n) is 4.74. The Balaban J connectivity index is 1.87. The van der Waals surface area contributed by atoms with Crippen molar-refractivity contribution in [1.29, 1.82) is 0 Å². The van der Waals surface area contributed by atoms with Gasteiger partial charge in [-0.1, -0.05) is 36.4 Å². The van der Waals surface area contributed by atoms with Gasteiger partial charge in [0.1, 0.15) is 12.3 Å². The maximum atomic E-state index is 6.25. The molecule has 3 heteroatoms. The van der Waals surface area contributed by atoms with Gasteiger partial charge in [0.25, 0.3) is 0 Å². The lowest BCUT2D eigenvalue weighted by molar-refractivity contribution is 0.00809. The molecule has 0 radical (unpaired) electrons. The van der Waals surface area contributed by atoms with E-state index in [0.29, 0.717) is 6.04 Å². The third-order valence-electron chi connectivity index (χ3n) is 3.64. The van der Waals surface area contributed by atoms with Gasteiger partial charge in [-0.3, -0.25) is 4.90 Å². The number of benzene rings is 1. The van der Waals surface area contributed by atoms with Gasteiger partial charge in [-0.25, -0.2) is 0 Å². The van der Waals surface area contributed by atoms with Crippen LogP contribution in [-0.2, 0) is 4.74 Å². The van der Waals surface area contributed by atoms with Crippen molar-refractivity contribution in [2.75, 3.05) is 7.05 Å². The van der Waals surface area contributed by atoms with Crippen molar-refractivity contribution >= 4 is 11.3 Å². The van der Waals surface area contributed by atoms with Crippen molar-refractivity contribution in [3.63, 3.8) is 0 Å². The molecule has 1 aromatic heterocycles. The van der Waals surface area contributed by atoms with E-state index in [4.69, 9.17) is 4.74 Å². The predicted molar refractivity (Wildman–Crippen MR) is 74.6 cm³/mol. The minimum atomic E-state index is 0.0882. The van der Waals surface area contributed by atoms with E-state index >= 15 is 0 Å². The van der Waals surface area contributed by atoms with E-state index < -0.39 is 0 Å². The lowest BCUT2D eigenvalue weighted by Gasteiger charge is -2.20. The molecule has 0 saturated carbocycles. The molecule has 1 aromatic carbocycles. The highest BCUT2D eigenvalue weighted by Gasteiger charge is 2.38. The van der Waals surface area contributed by atoms with E-state index in [1.807, 2.05) is 6.07 Å². The summed E-state index contributed by atoms with van der Waals surface area (Å²) in [5, 5.41) is 2.10. The molecule has 2 nitrogen and oxygen atoms in total. The summed E-state index contributed by atoms with van der Waals surface area (Å²) in [5.74, 6) is 0. The van der Waals surface area contributed by atoms with E-state index in [9.17, 15) is 0 Å². The normalized spacial score (nSPS) is 28.7. The Morgan fingerprint density at radius 2 is 1.89 bits per heavy atom. The van der Waals surface area contributed by atoms with Gasteiger partial charge in [0.2, 0.25) is 0 Å². The fraction of sp³-hybridized carbons (Fsp3) is 0.333. The van der Waals surface area contributed by atoms with Crippen LogP contribution >= 0.6 is 11.3 Å². The maximum absolute atomic E-state index is 6.25. The van der Waals surface area contributed by atoms with E-state index in [2.05, 4.69) is 60.6 Å². The van der Waals surface area contributed by atoms with Crippen molar-refractivity contribution in [1.82, 2.24) is 4.90 Å². The van der Waals surface area contributed by atoms with Crippen LogP contribution in [0, 0.1) is 0 Å². The second-order valence-corrected chi connectivity index (χ2v) is 5.72. The number of rotatable bonds is 2. The van der Waals surface area contributed by atoms with Crippen molar-refractivity contribution in [3.05, 3.63) is 58.3 Å². The Kier molecular flexibility index (Phi) is 3.20. The summed E-state index contributed by atoms with van der Waals surface area (Å²) >= 11 is 1.76. The average molecular weight is 259 g/mol. The minimum absolute atomic E-state index is 0.0882. The first-order chi connectivity index (χ1) is 8.77. The summed E-state index contributed by atoms with van der Waals surface area (Å²) in [5.41, 5.74) is 1.26. The molecular formula is C15H17NOS. The fourth-order valence-corrected chi connectivity index (χ4v) is 3.28. The molecule has 3 rings (SSSR count). The van der Waals surface area contributed by atoms with Crippen molar-refractivity contribution < 1.29 is 4.74 Å². The number of nitrogens with zero attached hydrogens (tertiary/aromatic N) is 1. The van der Waals surface area contributed by atoms with Gasteiger partial charge < -0.3 is 4.74 Å². The van der Waals surface area contributed by atoms with E-state index in [-0.39, 0.29) is 12.3 Å². The number of ether oxygens (including phenoxy) is 1. The van der Waals surface area contributed by atoms with Gasteiger partial charge in [-0.05, 0) is 31.0 Å². The molecule has 0 bridgehead atoms. The molecule has 1 aliphatic heterocycles. The molecule has 2 heterocycles. The number of likely N-dealkylation sites (N-methyl/N-ethyl adjacent to an activating group) is 1. The predicted octanol–water partition coefficient (Wildman–Crippen LogP) is 3.84. The average Bonchev–Trinajstić information content (AvgIpc) is 3.01. The van der Waals surface area contributed by atoms with Crippen LogP contribution in [0.25, 0.3) is 0 Å². The summed E-state index contributed by atoms with van der Waals surface area (Å²) in [4.78, 5) is 3.59. The highest BCUT2D eigenvalue weighted by molar-refractivity contribution is 7.10. The van der Waals surface area contributed by atoms with Gasteiger partial charge in [0, 0.05) is 10.9 Å². The third kappa shape index (κ3) is 1.99. The molecule has 1 aliphatic rings. The third-order valence-corrected chi connectivity index (χ3v) is 4.54. The van der Waals surface area contributed by atoms with Crippen molar-refractivity contribution in [2.24, 2.45) is 0 Å². The minimum Gasteiger partial charge on any atom is -0.348 e. The molecule has 0 amide bonds. The number of hydrogen-bond donors (Lipinski definition) is 0. The quantitative estimate of drug-likeness (QED) is 0.812. The Morgan fingerprint density at radius 1 is 1.11 bits per heavy atom. The smallest absolute Gasteiger partial charge is 0.147 e. The van der Waals surface area contributed by atoms with E-state index in [0.717, 1.165) is 0 Å². The first-order valence-corrected chi connectivity index (χ1v) is 7.11. The largest absolute Gasteiger partial charge is 0.348 e. The highest BCUT2D eigenvalue weighted by Crippen LogP contribution is 2.42. The van der Waals surface area contributed by atoms with Crippen LogP contribution in [0.4, 0.5) is 0 Å². The zero-order valence-corrected chi connectivity index (χ0v) is 11.4. The first-order valence-electron chi connectivity index (χ1n) is 6.23. The molecule has 3 atom stereocenters. The highest BCUT2D eigenvalue weighted by atomic mass is 32.1. The van der Waals surface area contributed by atoms with Gasteiger partial charge in [-0.15, -0.1) is 11.3 Å². The van der Waals surface area contributed by atoms with Crippen molar-refractivity contribution in [2.45, 2.75) is 25.3 Å². The Labute approximate surface area is 112 Å². The topological polar surface area (TPSA) is 12.5 Å². The number of thiophene rings is 1. The molecule has 94 valence electrons. The monoisotopic (exact) mass is 259 g/mol. The lowest BCUT2D eigenvalue weighted by Crippen LogP contribution is -2.26. The molecule has 18 heavy (non-hydrogen) atoms. The Morgan fingerprint density at radius 3 is 2.56 bits per heavy atom. The first kappa shape index (κ1) is 11.9. The van der Waals surface area contributed by atoms with Gasteiger partial charge in [-0.2, -0.15) is 0 Å². The molecule has 3 unspecified atom stereocenters. The molecule has 0 spiro atoms. The molecular weight excluding hydrogens is 242 g/mol. The number of hydrogen-bond acceptors (Lipinski definition) is 3. The SMILES string of the molecule is CC1C(c2ccccc2)OC(c2cccs2)N1C. The van der Waals surface area contributed by atoms with Crippen LogP contribution in [0.15, 0.2) is 47.8 Å². The van der Waals surface area contributed by atoms with Crippen molar-refractivity contribution in [3.8, 4) is 0 Å². The summed E-state index contributed by atoms with van der Waals surface area (Å²) in [6.07, 6.45) is 0.244. The molecule has 0 N–H and O–H groups in total. The van der Waals surface area contributed by atoms with E-state index in [1.54, 1.807) is 11.3 Å². The fourth-order valence-electron chi connectivity index (χ4n) is 2.48. The molecule has 2 aromatic rings. The van der Waals surface area contributed by atoms with Crippen LogP contribution in [0.5, 0.6) is 0 Å². The van der Waals surface area contributed by atoms with Gasteiger partial charge in [0.15, 0.2) is 0 Å². The summed E-state index contributed by atoms with van der Waals surface area (Å²) in [6.45, 7) is 2.23. The van der Waals surface area contributed by atoms with E-state index in [1.165, 1.54) is 10.4 Å². The molecule has 1 saturated heterocycles. The van der Waals surface area contributed by atoms with Crippen LogP contribution in [0.3, 0.4) is 0 Å². The van der Waals surface area contributed by atoms with Crippen LogP contribution < -0.4 is 0 Å². The maximum Gasteiger partial charge on any atom is 0.147 e. The standard InChI is InChI=1S/C15H17NOS/c1-11-14(12-7-4-3-5-8-12)17-15(16(11)2)13-9-6-10-18-13/h3-11,14-15H,1-2H3.